The average molecular weight is 298 g/mol. The molecule has 2 aromatic rings. The first-order chi connectivity index (χ1) is 8.60. The lowest BCUT2D eigenvalue weighted by Gasteiger charge is -2.01. The smallest absolute Gasteiger partial charge is 0.0975 e. The maximum atomic E-state index is 5.88. The molecule has 0 bridgehead atoms. The molecule has 0 aliphatic rings. The van der Waals surface area contributed by atoms with Crippen LogP contribution in [0.1, 0.15) is 40.9 Å². The van der Waals surface area contributed by atoms with E-state index >= 15 is 0 Å². The Balaban J connectivity index is 2.21. The number of hydrogen-bond donors (Lipinski definition) is 1. The van der Waals surface area contributed by atoms with Crippen LogP contribution >= 0.6 is 35.6 Å². The van der Waals surface area contributed by atoms with Gasteiger partial charge in [0.25, 0.3) is 0 Å². The zero-order chi connectivity index (χ0) is 13.1. The standard InChI is InChI=1S/C14H16ClNS2/c1-9(2)14-12(8-17)18-13(16-14)7-10-3-5-11(15)6-4-10/h3-6,9,17H,7-8H2,1-2H3. The summed E-state index contributed by atoms with van der Waals surface area (Å²) in [5.41, 5.74) is 2.44. The summed E-state index contributed by atoms with van der Waals surface area (Å²) in [4.78, 5) is 6.02. The van der Waals surface area contributed by atoms with Crippen molar-refractivity contribution in [2.24, 2.45) is 0 Å². The van der Waals surface area contributed by atoms with Crippen LogP contribution < -0.4 is 0 Å². The van der Waals surface area contributed by atoms with Gasteiger partial charge in [0.1, 0.15) is 0 Å². The summed E-state index contributed by atoms with van der Waals surface area (Å²) in [5.74, 6) is 1.23. The van der Waals surface area contributed by atoms with Crippen LogP contribution in [0.25, 0.3) is 0 Å². The number of thiol groups is 1. The van der Waals surface area contributed by atoms with Gasteiger partial charge in [-0.25, -0.2) is 4.98 Å². The maximum absolute atomic E-state index is 5.88. The highest BCUT2D eigenvalue weighted by Crippen LogP contribution is 2.28. The minimum atomic E-state index is 0.461. The first kappa shape index (κ1) is 13.9. The summed E-state index contributed by atoms with van der Waals surface area (Å²) in [6.45, 7) is 4.35. The molecule has 4 heteroatoms. The third-order valence-corrected chi connectivity index (χ3v) is 4.58. The van der Waals surface area contributed by atoms with E-state index < -0.39 is 0 Å². The minimum Gasteiger partial charge on any atom is -0.245 e. The highest BCUT2D eigenvalue weighted by molar-refractivity contribution is 7.79. The summed E-state index contributed by atoms with van der Waals surface area (Å²) in [5, 5.41) is 1.93. The molecular weight excluding hydrogens is 282 g/mol. The topological polar surface area (TPSA) is 12.9 Å². The molecular formula is C14H16ClNS2. The molecule has 1 nitrogen and oxygen atoms in total. The van der Waals surface area contributed by atoms with Crippen LogP contribution in [-0.4, -0.2) is 4.98 Å². The Morgan fingerprint density at radius 3 is 2.44 bits per heavy atom. The van der Waals surface area contributed by atoms with Crippen LogP contribution in [0, 0.1) is 0 Å². The van der Waals surface area contributed by atoms with Crippen molar-refractivity contribution in [2.45, 2.75) is 31.9 Å². The maximum Gasteiger partial charge on any atom is 0.0975 e. The predicted molar refractivity (Wildman–Crippen MR) is 83.2 cm³/mol. The van der Waals surface area contributed by atoms with E-state index in [4.69, 9.17) is 16.6 Å². The molecule has 2 rings (SSSR count). The van der Waals surface area contributed by atoms with Gasteiger partial charge in [-0.1, -0.05) is 37.6 Å². The molecule has 0 unspecified atom stereocenters. The third-order valence-electron chi connectivity index (χ3n) is 2.73. The molecule has 96 valence electrons. The zero-order valence-electron chi connectivity index (χ0n) is 10.5. The Morgan fingerprint density at radius 1 is 1.28 bits per heavy atom. The van der Waals surface area contributed by atoms with Crippen LogP contribution in [0.4, 0.5) is 0 Å². The first-order valence-corrected chi connectivity index (χ1v) is 7.76. The van der Waals surface area contributed by atoms with Crippen molar-refractivity contribution in [1.82, 2.24) is 4.98 Å². The molecule has 0 spiro atoms. The highest BCUT2D eigenvalue weighted by Gasteiger charge is 2.13. The summed E-state index contributed by atoms with van der Waals surface area (Å²) in [6.07, 6.45) is 0.870. The number of hydrogen-bond acceptors (Lipinski definition) is 3. The average Bonchev–Trinajstić information content (AvgIpc) is 2.75. The van der Waals surface area contributed by atoms with Gasteiger partial charge in [-0.05, 0) is 23.6 Å². The Labute approximate surface area is 123 Å². The van der Waals surface area contributed by atoms with Crippen molar-refractivity contribution < 1.29 is 0 Å². The third kappa shape index (κ3) is 3.28. The van der Waals surface area contributed by atoms with E-state index in [0.29, 0.717) is 5.92 Å². The van der Waals surface area contributed by atoms with Crippen molar-refractivity contribution in [2.75, 3.05) is 0 Å². The fourth-order valence-corrected chi connectivity index (χ4v) is 3.43. The Hall–Kier alpha value is -0.510. The van der Waals surface area contributed by atoms with E-state index in [9.17, 15) is 0 Å². The van der Waals surface area contributed by atoms with Gasteiger partial charge in [0, 0.05) is 22.1 Å². The van der Waals surface area contributed by atoms with Crippen LogP contribution in [0.5, 0.6) is 0 Å². The summed E-state index contributed by atoms with van der Waals surface area (Å²) < 4.78 is 0. The van der Waals surface area contributed by atoms with Gasteiger partial charge < -0.3 is 0 Å². The van der Waals surface area contributed by atoms with Crippen molar-refractivity contribution in [1.29, 1.82) is 0 Å². The molecule has 0 amide bonds. The van der Waals surface area contributed by atoms with Crippen molar-refractivity contribution in [3.05, 3.63) is 50.4 Å². The molecule has 0 saturated heterocycles. The SMILES string of the molecule is CC(C)c1nc(Cc2ccc(Cl)cc2)sc1CS. The molecule has 0 atom stereocenters. The molecule has 1 aromatic heterocycles. The lowest BCUT2D eigenvalue weighted by atomic mass is 10.1. The summed E-state index contributed by atoms with van der Waals surface area (Å²) >= 11 is 12.0. The number of benzene rings is 1. The Bertz CT molecular complexity index is 517. The van der Waals surface area contributed by atoms with E-state index in [1.165, 1.54) is 16.1 Å². The van der Waals surface area contributed by atoms with Crippen LogP contribution in [0.2, 0.25) is 5.02 Å². The predicted octanol–water partition coefficient (Wildman–Crippen LogP) is 4.94. The van der Waals surface area contributed by atoms with Gasteiger partial charge in [-0.15, -0.1) is 11.3 Å². The zero-order valence-corrected chi connectivity index (χ0v) is 12.9. The normalized spacial score (nSPS) is 11.2. The van der Waals surface area contributed by atoms with E-state index in [1.807, 2.05) is 12.1 Å². The van der Waals surface area contributed by atoms with Crippen LogP contribution in [0.15, 0.2) is 24.3 Å². The Kier molecular flexibility index (Phi) is 4.71. The summed E-state index contributed by atoms with van der Waals surface area (Å²) in [7, 11) is 0. The lowest BCUT2D eigenvalue weighted by Crippen LogP contribution is -1.93. The quantitative estimate of drug-likeness (QED) is 0.789. The molecule has 1 heterocycles. The van der Waals surface area contributed by atoms with Gasteiger partial charge in [0.15, 0.2) is 0 Å². The first-order valence-electron chi connectivity index (χ1n) is 5.94. The molecule has 1 aromatic carbocycles. The van der Waals surface area contributed by atoms with Crippen LogP contribution in [0.3, 0.4) is 0 Å². The molecule has 0 radical (unpaired) electrons. The van der Waals surface area contributed by atoms with Crippen LogP contribution in [-0.2, 0) is 12.2 Å². The monoisotopic (exact) mass is 297 g/mol. The number of rotatable bonds is 4. The number of thiazole rings is 1. The van der Waals surface area contributed by atoms with Gasteiger partial charge in [-0.3, -0.25) is 0 Å². The molecule has 0 N–H and O–H groups in total. The van der Waals surface area contributed by atoms with Gasteiger partial charge >= 0.3 is 0 Å². The van der Waals surface area contributed by atoms with Gasteiger partial charge in [-0.2, -0.15) is 12.6 Å². The number of halogens is 1. The van der Waals surface area contributed by atoms with Gasteiger partial charge in [0.05, 0.1) is 10.7 Å². The van der Waals surface area contributed by atoms with Crippen molar-refractivity contribution >= 4 is 35.6 Å². The molecule has 0 fully saturated rings. The van der Waals surface area contributed by atoms with Gasteiger partial charge in [0.2, 0.25) is 0 Å². The van der Waals surface area contributed by atoms with E-state index in [0.717, 1.165) is 22.2 Å². The molecule has 0 aliphatic heterocycles. The Morgan fingerprint density at radius 2 is 1.94 bits per heavy atom. The fourth-order valence-electron chi connectivity index (χ4n) is 1.83. The van der Waals surface area contributed by atoms with E-state index in [2.05, 4.69) is 38.6 Å². The van der Waals surface area contributed by atoms with Crippen molar-refractivity contribution in [3.8, 4) is 0 Å². The minimum absolute atomic E-state index is 0.461. The largest absolute Gasteiger partial charge is 0.245 e. The fraction of sp³-hybridized carbons (Fsp3) is 0.357. The molecule has 0 saturated carbocycles. The summed E-state index contributed by atoms with van der Waals surface area (Å²) in [6, 6.07) is 7.96. The molecule has 18 heavy (non-hydrogen) atoms. The second kappa shape index (κ2) is 6.09. The number of aromatic nitrogens is 1. The lowest BCUT2D eigenvalue weighted by molar-refractivity contribution is 0.816. The van der Waals surface area contributed by atoms with E-state index in [-0.39, 0.29) is 0 Å². The second-order valence-corrected chi connectivity index (χ2v) is 6.45. The molecule has 0 aliphatic carbocycles. The second-order valence-electron chi connectivity index (χ2n) is 4.53. The van der Waals surface area contributed by atoms with E-state index in [1.54, 1.807) is 11.3 Å². The number of nitrogens with zero attached hydrogens (tertiary/aromatic N) is 1. The van der Waals surface area contributed by atoms with Crippen molar-refractivity contribution in [3.63, 3.8) is 0 Å². The highest BCUT2D eigenvalue weighted by atomic mass is 35.5.